The number of carbonyl (C=O) groups is 2. The lowest BCUT2D eigenvalue weighted by Crippen LogP contribution is -2.18. The highest BCUT2D eigenvalue weighted by Gasteiger charge is 2.09. The number of nitrogens with one attached hydrogen (secondary N) is 1. The van der Waals surface area contributed by atoms with Gasteiger partial charge in [0, 0.05) is 13.5 Å². The zero-order valence-corrected chi connectivity index (χ0v) is 13.2. The minimum atomic E-state index is -1.23. The second kappa shape index (κ2) is 15.7. The quantitative estimate of drug-likeness (QED) is 0.626. The zero-order valence-electron chi connectivity index (χ0n) is 13.2. The monoisotopic (exact) mass is 284 g/mol. The maximum Gasteiger partial charge on any atom is 0.219 e. The predicted molar refractivity (Wildman–Crippen MR) is 81.0 cm³/mol. The van der Waals surface area contributed by atoms with Crippen molar-refractivity contribution in [3.8, 4) is 0 Å². The normalized spacial score (nSPS) is 9.60. The lowest BCUT2D eigenvalue weighted by molar-refractivity contribution is -0.297. The van der Waals surface area contributed by atoms with Crippen LogP contribution in [0.3, 0.4) is 0 Å². The summed E-state index contributed by atoms with van der Waals surface area (Å²) in [6.45, 7) is 7.36. The molecule has 1 amide bonds. The lowest BCUT2D eigenvalue weighted by atomic mass is 9.91. The van der Waals surface area contributed by atoms with Crippen LogP contribution in [0.25, 0.3) is 0 Å². The summed E-state index contributed by atoms with van der Waals surface area (Å²) in [5.74, 6) is -0.278. The molecule has 4 heteroatoms. The molecule has 0 aliphatic carbocycles. The Morgan fingerprint density at radius 3 is 1.90 bits per heavy atom. The van der Waals surface area contributed by atoms with E-state index in [0.29, 0.717) is 6.42 Å². The van der Waals surface area contributed by atoms with E-state index in [1.807, 2.05) is 0 Å². The minimum absolute atomic E-state index is 0.188. The Morgan fingerprint density at radius 2 is 1.60 bits per heavy atom. The highest BCUT2D eigenvalue weighted by Crippen LogP contribution is 2.21. The number of hydrogen-bond acceptors (Lipinski definition) is 3. The number of carboxylic acid groups (broad SMARTS) is 1. The van der Waals surface area contributed by atoms with Gasteiger partial charge in [-0.1, -0.05) is 59.0 Å². The molecule has 0 atom stereocenters. The van der Waals surface area contributed by atoms with E-state index < -0.39 is 5.97 Å². The Kier molecular flexibility index (Phi) is 16.5. The molecule has 0 spiro atoms. The fourth-order valence-corrected chi connectivity index (χ4v) is 1.88. The van der Waals surface area contributed by atoms with Crippen LogP contribution >= 0.6 is 0 Å². The van der Waals surface area contributed by atoms with Crippen molar-refractivity contribution in [2.45, 2.75) is 65.2 Å². The first-order valence-corrected chi connectivity index (χ1v) is 7.55. The highest BCUT2D eigenvalue weighted by atomic mass is 16.4. The molecule has 0 rings (SSSR count). The summed E-state index contributed by atoms with van der Waals surface area (Å²) in [5, 5.41) is 11.8. The van der Waals surface area contributed by atoms with Crippen LogP contribution in [0.5, 0.6) is 0 Å². The molecule has 0 saturated carbocycles. The Balaban J connectivity index is 0. The third-order valence-corrected chi connectivity index (χ3v) is 3.16. The van der Waals surface area contributed by atoms with Crippen LogP contribution in [0.4, 0.5) is 0 Å². The van der Waals surface area contributed by atoms with E-state index >= 15 is 0 Å². The van der Waals surface area contributed by atoms with Crippen LogP contribution in [-0.4, -0.2) is 18.9 Å². The maximum atomic E-state index is 11.2. The summed E-state index contributed by atoms with van der Waals surface area (Å²) in [5.41, 5.74) is 0. The molecule has 0 saturated heterocycles. The van der Waals surface area contributed by atoms with Crippen LogP contribution in [0, 0.1) is 5.92 Å². The van der Waals surface area contributed by atoms with Gasteiger partial charge in [0.1, 0.15) is 0 Å². The molecule has 0 aromatic rings. The highest BCUT2D eigenvalue weighted by molar-refractivity contribution is 5.76. The molecule has 0 heterocycles. The Labute approximate surface area is 123 Å². The van der Waals surface area contributed by atoms with Crippen molar-refractivity contribution in [2.24, 2.45) is 5.92 Å². The van der Waals surface area contributed by atoms with Gasteiger partial charge < -0.3 is 15.2 Å². The minimum Gasteiger partial charge on any atom is -0.545 e. The van der Waals surface area contributed by atoms with Crippen LogP contribution in [-0.2, 0) is 9.59 Å². The summed E-state index contributed by atoms with van der Waals surface area (Å²) < 4.78 is 0. The van der Waals surface area contributed by atoms with Crippen LogP contribution < -0.4 is 10.4 Å². The molecule has 118 valence electrons. The maximum absolute atomic E-state index is 11.2. The Bertz CT molecular complexity index is 256. The van der Waals surface area contributed by atoms with Crippen molar-refractivity contribution in [1.82, 2.24) is 5.32 Å². The Morgan fingerprint density at radius 1 is 1.15 bits per heavy atom. The molecule has 0 aliphatic heterocycles. The summed E-state index contributed by atoms with van der Waals surface area (Å²) in [6, 6.07) is 0. The van der Waals surface area contributed by atoms with E-state index in [1.165, 1.54) is 38.5 Å². The topological polar surface area (TPSA) is 69.2 Å². The largest absolute Gasteiger partial charge is 0.545 e. The second-order valence-corrected chi connectivity index (χ2v) is 4.89. The van der Waals surface area contributed by atoms with Gasteiger partial charge in [-0.15, -0.1) is 0 Å². The molecule has 0 aromatic heterocycles. The van der Waals surface area contributed by atoms with Gasteiger partial charge in [0.25, 0.3) is 0 Å². The molecule has 0 aromatic carbocycles. The lowest BCUT2D eigenvalue weighted by Gasteiger charge is -2.15. The van der Waals surface area contributed by atoms with Crippen molar-refractivity contribution in [3.05, 3.63) is 12.7 Å². The molecule has 0 fully saturated rings. The number of carbonyl (C=O) groups excluding carboxylic acids is 2. The van der Waals surface area contributed by atoms with E-state index in [2.05, 4.69) is 25.7 Å². The summed E-state index contributed by atoms with van der Waals surface area (Å²) >= 11 is 0. The number of aliphatic carboxylic acids is 1. The number of rotatable bonds is 10. The molecule has 0 bridgehead atoms. The standard InChI is InChI=1S/C13H27NO.C3H4O2/c1-4-6-8-12(9-7-5-2)10-11-13(15)14-3;1-2-3(4)5/h12H,4-11H2,1-3H3,(H,14,15);2H,1H2,(H,4,5)/p-1. The first-order chi connectivity index (χ1) is 9.51. The SMILES string of the molecule is C=CC(=O)[O-].CCCCC(CCCC)CCC(=O)NC. The van der Waals surface area contributed by atoms with Gasteiger partial charge in [-0.25, -0.2) is 0 Å². The first kappa shape index (κ1) is 21.0. The average molecular weight is 284 g/mol. The zero-order chi connectivity index (χ0) is 15.8. The molecule has 1 N–H and O–H groups in total. The van der Waals surface area contributed by atoms with Gasteiger partial charge in [0.2, 0.25) is 5.91 Å². The smallest absolute Gasteiger partial charge is 0.219 e. The fraction of sp³-hybridized carbons (Fsp3) is 0.750. The molecule has 0 aliphatic rings. The van der Waals surface area contributed by atoms with Crippen molar-refractivity contribution in [1.29, 1.82) is 0 Å². The van der Waals surface area contributed by atoms with Crippen LogP contribution in [0.15, 0.2) is 12.7 Å². The van der Waals surface area contributed by atoms with Crippen LogP contribution in [0.2, 0.25) is 0 Å². The average Bonchev–Trinajstić information content (AvgIpc) is 2.46. The molecule has 0 unspecified atom stereocenters. The van der Waals surface area contributed by atoms with Gasteiger partial charge in [0.15, 0.2) is 0 Å². The predicted octanol–water partition coefficient (Wildman–Crippen LogP) is 2.43. The van der Waals surface area contributed by atoms with Crippen molar-refractivity contribution in [2.75, 3.05) is 7.05 Å². The number of hydrogen-bond donors (Lipinski definition) is 1. The van der Waals surface area contributed by atoms with E-state index in [1.54, 1.807) is 7.05 Å². The number of carboxylic acids is 1. The van der Waals surface area contributed by atoms with E-state index in [-0.39, 0.29) is 5.91 Å². The van der Waals surface area contributed by atoms with Crippen molar-refractivity contribution >= 4 is 11.9 Å². The van der Waals surface area contributed by atoms with Gasteiger partial charge in [0.05, 0.1) is 5.97 Å². The molecule has 4 nitrogen and oxygen atoms in total. The summed E-state index contributed by atoms with van der Waals surface area (Å²) in [6.07, 6.45) is 10.2. The van der Waals surface area contributed by atoms with Gasteiger partial charge in [-0.2, -0.15) is 0 Å². The molecular formula is C16H30NO3-. The van der Waals surface area contributed by atoms with Gasteiger partial charge >= 0.3 is 0 Å². The van der Waals surface area contributed by atoms with Crippen LogP contribution in [0.1, 0.15) is 65.2 Å². The van der Waals surface area contributed by atoms with E-state index in [4.69, 9.17) is 9.90 Å². The Hall–Kier alpha value is -1.32. The van der Waals surface area contributed by atoms with Crippen molar-refractivity contribution < 1.29 is 14.7 Å². The van der Waals surface area contributed by atoms with Gasteiger partial charge in [-0.3, -0.25) is 4.79 Å². The second-order valence-electron chi connectivity index (χ2n) is 4.89. The fourth-order valence-electron chi connectivity index (χ4n) is 1.88. The van der Waals surface area contributed by atoms with Crippen molar-refractivity contribution in [3.63, 3.8) is 0 Å². The van der Waals surface area contributed by atoms with E-state index in [9.17, 15) is 4.79 Å². The third-order valence-electron chi connectivity index (χ3n) is 3.16. The molecular weight excluding hydrogens is 254 g/mol. The van der Waals surface area contributed by atoms with E-state index in [0.717, 1.165) is 18.4 Å². The third kappa shape index (κ3) is 16.7. The number of unbranched alkanes of at least 4 members (excludes halogenated alkanes) is 2. The van der Waals surface area contributed by atoms with Gasteiger partial charge in [-0.05, 0) is 18.4 Å². The summed E-state index contributed by atoms with van der Waals surface area (Å²) in [4.78, 5) is 20.3. The number of amides is 1. The summed E-state index contributed by atoms with van der Waals surface area (Å²) in [7, 11) is 1.72. The molecule has 0 radical (unpaired) electrons. The first-order valence-electron chi connectivity index (χ1n) is 7.55. The molecule has 20 heavy (non-hydrogen) atoms.